The number of halogens is 5. The van der Waals surface area contributed by atoms with Gasteiger partial charge in [0.25, 0.3) is 5.91 Å². The standard InChI is InChI=1S/C29H30Cl3F2N5O.H2/c30-23-3-1-19(13-24(23)31)16-36-29(40)21-15-25(32)28(35-17-21)39-11-9-38(10-12-39)22-5-7-37(8-6-22)18-20-2-4-26(33)27(34)14-20;/h1-4,13-15,17,22H,5-12,16,18H2,(H,36,40);1H. The second kappa shape index (κ2) is 13.0. The van der Waals surface area contributed by atoms with Gasteiger partial charge in [0.15, 0.2) is 11.6 Å². The fourth-order valence-corrected chi connectivity index (χ4v) is 5.97. The molecule has 0 bridgehead atoms. The lowest BCUT2D eigenvalue weighted by Crippen LogP contribution is -2.53. The number of benzene rings is 2. The molecule has 214 valence electrons. The van der Waals surface area contributed by atoms with Crippen LogP contribution in [0.25, 0.3) is 0 Å². The third-order valence-electron chi connectivity index (χ3n) is 7.60. The van der Waals surface area contributed by atoms with Crippen LogP contribution < -0.4 is 10.2 Å². The van der Waals surface area contributed by atoms with Gasteiger partial charge in [-0.05, 0) is 67.4 Å². The summed E-state index contributed by atoms with van der Waals surface area (Å²) in [4.78, 5) is 24.2. The second-order valence-electron chi connectivity index (χ2n) is 10.2. The number of carbonyl (C=O) groups is 1. The molecule has 1 N–H and O–H groups in total. The lowest BCUT2D eigenvalue weighted by Gasteiger charge is -2.43. The van der Waals surface area contributed by atoms with Crippen molar-refractivity contribution >= 4 is 46.5 Å². The first-order chi connectivity index (χ1) is 19.3. The third-order valence-corrected chi connectivity index (χ3v) is 8.62. The first-order valence-corrected chi connectivity index (χ1v) is 14.4. The smallest absolute Gasteiger partial charge is 0.253 e. The Balaban J connectivity index is 0.00000387. The van der Waals surface area contributed by atoms with E-state index in [9.17, 15) is 13.6 Å². The number of rotatable bonds is 7. The van der Waals surface area contributed by atoms with Crippen molar-refractivity contribution in [1.82, 2.24) is 20.1 Å². The van der Waals surface area contributed by atoms with Gasteiger partial charge in [0.1, 0.15) is 5.82 Å². The summed E-state index contributed by atoms with van der Waals surface area (Å²) >= 11 is 18.6. The molecule has 1 amide bonds. The number of nitrogens with zero attached hydrogens (tertiary/aromatic N) is 4. The van der Waals surface area contributed by atoms with Crippen molar-refractivity contribution in [3.63, 3.8) is 0 Å². The number of hydrogen-bond donors (Lipinski definition) is 1. The maximum Gasteiger partial charge on any atom is 0.253 e. The van der Waals surface area contributed by atoms with Gasteiger partial charge in [-0.3, -0.25) is 14.6 Å². The molecule has 0 atom stereocenters. The second-order valence-corrected chi connectivity index (χ2v) is 11.5. The van der Waals surface area contributed by atoms with Crippen LogP contribution in [-0.2, 0) is 13.1 Å². The van der Waals surface area contributed by atoms with Gasteiger partial charge >= 0.3 is 0 Å². The van der Waals surface area contributed by atoms with Crippen molar-refractivity contribution < 1.29 is 15.0 Å². The molecule has 0 saturated carbocycles. The number of anilines is 1. The molecule has 0 aliphatic carbocycles. The first-order valence-electron chi connectivity index (χ1n) is 13.3. The Morgan fingerprint density at radius 1 is 0.875 bits per heavy atom. The van der Waals surface area contributed by atoms with E-state index in [1.165, 1.54) is 12.1 Å². The molecular formula is C29H32Cl3F2N5O. The topological polar surface area (TPSA) is 51.7 Å². The van der Waals surface area contributed by atoms with Crippen LogP contribution in [0.1, 0.15) is 35.8 Å². The maximum atomic E-state index is 13.5. The summed E-state index contributed by atoms with van der Waals surface area (Å²) < 4.78 is 26.8. The van der Waals surface area contributed by atoms with E-state index in [1.807, 2.05) is 6.07 Å². The minimum absolute atomic E-state index is 0. The molecule has 11 heteroatoms. The van der Waals surface area contributed by atoms with Gasteiger partial charge in [-0.1, -0.05) is 46.9 Å². The molecule has 2 fully saturated rings. The highest BCUT2D eigenvalue weighted by Gasteiger charge is 2.28. The van der Waals surface area contributed by atoms with Crippen molar-refractivity contribution in [2.75, 3.05) is 44.2 Å². The van der Waals surface area contributed by atoms with Crippen molar-refractivity contribution in [3.05, 3.63) is 92.1 Å². The quantitative estimate of drug-likeness (QED) is 0.341. The van der Waals surface area contributed by atoms with Crippen LogP contribution in [0.5, 0.6) is 0 Å². The van der Waals surface area contributed by atoms with Crippen LogP contribution >= 0.6 is 34.8 Å². The van der Waals surface area contributed by atoms with Crippen LogP contribution in [0.4, 0.5) is 14.6 Å². The van der Waals surface area contributed by atoms with Crippen molar-refractivity contribution in [2.45, 2.75) is 32.0 Å². The van der Waals surface area contributed by atoms with Crippen LogP contribution in [-0.4, -0.2) is 66.0 Å². The molecule has 3 heterocycles. The summed E-state index contributed by atoms with van der Waals surface area (Å²) in [5.41, 5.74) is 2.03. The minimum atomic E-state index is -0.809. The molecule has 2 aliphatic rings. The Hall–Kier alpha value is -2.49. The van der Waals surface area contributed by atoms with E-state index < -0.39 is 11.6 Å². The van der Waals surface area contributed by atoms with E-state index in [-0.39, 0.29) is 7.33 Å². The van der Waals surface area contributed by atoms with Crippen molar-refractivity contribution in [3.8, 4) is 0 Å². The summed E-state index contributed by atoms with van der Waals surface area (Å²) in [7, 11) is 0. The van der Waals surface area contributed by atoms with Gasteiger partial charge < -0.3 is 10.2 Å². The predicted molar refractivity (Wildman–Crippen MR) is 157 cm³/mol. The maximum absolute atomic E-state index is 13.5. The molecule has 0 radical (unpaired) electrons. The SMILES string of the molecule is O=C(NCc1ccc(Cl)c(Cl)c1)c1cnc(N2CCN(C3CCN(Cc4ccc(F)c(F)c4)CC3)CC2)c(Cl)c1.[HH]. The Morgan fingerprint density at radius 2 is 1.60 bits per heavy atom. The average molecular weight is 611 g/mol. The number of hydrogen-bond acceptors (Lipinski definition) is 5. The van der Waals surface area contributed by atoms with Crippen molar-refractivity contribution in [1.29, 1.82) is 0 Å². The molecule has 5 rings (SSSR count). The van der Waals surface area contributed by atoms with Crippen LogP contribution in [0.2, 0.25) is 15.1 Å². The van der Waals surface area contributed by atoms with E-state index in [0.29, 0.717) is 45.6 Å². The highest BCUT2D eigenvalue weighted by atomic mass is 35.5. The van der Waals surface area contributed by atoms with E-state index in [0.717, 1.165) is 63.2 Å². The lowest BCUT2D eigenvalue weighted by molar-refractivity contribution is 0.0950. The van der Waals surface area contributed by atoms with E-state index >= 15 is 0 Å². The zero-order chi connectivity index (χ0) is 28.2. The zero-order valence-corrected chi connectivity index (χ0v) is 24.1. The fourth-order valence-electron chi connectivity index (χ4n) is 5.36. The van der Waals surface area contributed by atoms with Gasteiger partial charge in [-0.25, -0.2) is 13.8 Å². The molecule has 40 heavy (non-hydrogen) atoms. The first kappa shape index (κ1) is 29.0. The Kier molecular flexibility index (Phi) is 9.43. The van der Waals surface area contributed by atoms with Gasteiger partial charge in [-0.15, -0.1) is 0 Å². The van der Waals surface area contributed by atoms with Crippen LogP contribution in [0.3, 0.4) is 0 Å². The Bertz CT molecular complexity index is 1370. The zero-order valence-electron chi connectivity index (χ0n) is 21.9. The molecule has 2 aliphatic heterocycles. The monoisotopic (exact) mass is 609 g/mol. The number of amides is 1. The summed E-state index contributed by atoms with van der Waals surface area (Å²) in [6.45, 7) is 6.18. The molecule has 1 aromatic heterocycles. The van der Waals surface area contributed by atoms with Gasteiger partial charge in [-0.2, -0.15) is 0 Å². The summed E-state index contributed by atoms with van der Waals surface area (Å²) in [6, 6.07) is 11.5. The number of nitrogens with one attached hydrogen (secondary N) is 1. The lowest BCUT2D eigenvalue weighted by atomic mass is 10.0. The summed E-state index contributed by atoms with van der Waals surface area (Å²) in [5.74, 6) is -1.19. The predicted octanol–water partition coefficient (Wildman–Crippen LogP) is 6.28. The van der Waals surface area contributed by atoms with Crippen molar-refractivity contribution in [2.24, 2.45) is 0 Å². The average Bonchev–Trinajstić information content (AvgIpc) is 2.96. The molecule has 0 spiro atoms. The molecule has 2 saturated heterocycles. The number of pyridine rings is 1. The molecule has 3 aromatic rings. The van der Waals surface area contributed by atoms with E-state index in [4.69, 9.17) is 34.8 Å². The largest absolute Gasteiger partial charge is 0.353 e. The van der Waals surface area contributed by atoms with Gasteiger partial charge in [0.2, 0.25) is 0 Å². The third kappa shape index (κ3) is 7.04. The molecule has 2 aromatic carbocycles. The number of likely N-dealkylation sites (tertiary alicyclic amines) is 1. The highest BCUT2D eigenvalue weighted by molar-refractivity contribution is 6.42. The summed E-state index contributed by atoms with van der Waals surface area (Å²) in [6.07, 6.45) is 3.63. The van der Waals surface area contributed by atoms with Gasteiger partial charge in [0.05, 0.1) is 20.6 Å². The number of piperazine rings is 1. The Labute approximate surface area is 249 Å². The highest BCUT2D eigenvalue weighted by Crippen LogP contribution is 2.27. The number of aromatic nitrogens is 1. The van der Waals surface area contributed by atoms with Crippen LogP contribution in [0, 0.1) is 11.6 Å². The normalized spacial score (nSPS) is 17.3. The number of piperidine rings is 1. The van der Waals surface area contributed by atoms with E-state index in [2.05, 4.69) is 25.0 Å². The molecule has 6 nitrogen and oxygen atoms in total. The Morgan fingerprint density at radius 3 is 2.27 bits per heavy atom. The summed E-state index contributed by atoms with van der Waals surface area (Å²) in [5, 5.41) is 4.20. The molecule has 0 unspecified atom stereocenters. The number of carbonyl (C=O) groups excluding carboxylic acids is 1. The van der Waals surface area contributed by atoms with Crippen LogP contribution in [0.15, 0.2) is 48.7 Å². The minimum Gasteiger partial charge on any atom is -0.353 e. The van der Waals surface area contributed by atoms with Gasteiger partial charge in [0, 0.05) is 52.9 Å². The molecular weight excluding hydrogens is 579 g/mol. The van der Waals surface area contributed by atoms with E-state index in [1.54, 1.807) is 30.5 Å². The fraction of sp³-hybridized carbons (Fsp3) is 0.379.